The Labute approximate surface area is 111 Å². The summed E-state index contributed by atoms with van der Waals surface area (Å²) < 4.78 is 38.8. The molecular weight excluding hydrogens is 253 g/mol. The van der Waals surface area contributed by atoms with Crippen LogP contribution in [-0.4, -0.2) is 18.1 Å². The van der Waals surface area contributed by atoms with Crippen LogP contribution in [0.2, 0.25) is 0 Å². The summed E-state index contributed by atoms with van der Waals surface area (Å²) in [5.41, 5.74) is -0.434. The van der Waals surface area contributed by atoms with Crippen molar-refractivity contribution in [3.63, 3.8) is 0 Å². The molecule has 5 heteroatoms. The lowest BCUT2D eigenvalue weighted by atomic mass is 9.87. The second-order valence-corrected chi connectivity index (χ2v) is 6.04. The van der Waals surface area contributed by atoms with Gasteiger partial charge in [-0.3, -0.25) is 0 Å². The van der Waals surface area contributed by atoms with Gasteiger partial charge in [0.25, 0.3) is 0 Å². The molecule has 19 heavy (non-hydrogen) atoms. The molecule has 0 atom stereocenters. The Bertz CT molecular complexity index is 422. The summed E-state index contributed by atoms with van der Waals surface area (Å²) in [6.45, 7) is 7.32. The zero-order valence-corrected chi connectivity index (χ0v) is 11.5. The zero-order chi connectivity index (χ0) is 14.3. The number of nitrogens with zero attached hydrogens (tertiary/aromatic N) is 2. The molecule has 0 aromatic carbocycles. The molecule has 0 bridgehead atoms. The lowest BCUT2D eigenvalue weighted by Crippen LogP contribution is -2.23. The van der Waals surface area contributed by atoms with Crippen LogP contribution in [0.3, 0.4) is 0 Å². The van der Waals surface area contributed by atoms with Crippen molar-refractivity contribution in [1.29, 1.82) is 0 Å². The SMILES string of the molecule is CC(C)(C)c1cc(N2CCCC2)nc(C(F)(F)F)c1. The van der Waals surface area contributed by atoms with Crippen LogP contribution in [0.4, 0.5) is 19.0 Å². The highest BCUT2D eigenvalue weighted by Gasteiger charge is 2.35. The van der Waals surface area contributed by atoms with Crippen LogP contribution in [-0.2, 0) is 11.6 Å². The van der Waals surface area contributed by atoms with Crippen LogP contribution in [0.25, 0.3) is 0 Å². The lowest BCUT2D eigenvalue weighted by Gasteiger charge is -2.24. The maximum atomic E-state index is 12.9. The highest BCUT2D eigenvalue weighted by atomic mass is 19.4. The highest BCUT2D eigenvalue weighted by Crippen LogP contribution is 2.34. The number of halogens is 3. The minimum absolute atomic E-state index is 0.322. The Morgan fingerprint density at radius 2 is 1.63 bits per heavy atom. The number of alkyl halides is 3. The Morgan fingerprint density at radius 1 is 1.05 bits per heavy atom. The van der Waals surface area contributed by atoms with Gasteiger partial charge in [-0.15, -0.1) is 0 Å². The van der Waals surface area contributed by atoms with Crippen LogP contribution >= 0.6 is 0 Å². The minimum Gasteiger partial charge on any atom is -0.357 e. The third-order valence-electron chi connectivity index (χ3n) is 3.40. The van der Waals surface area contributed by atoms with Crippen LogP contribution in [0.5, 0.6) is 0 Å². The number of aromatic nitrogens is 1. The molecular formula is C14H19F3N2. The molecule has 0 unspecified atom stereocenters. The van der Waals surface area contributed by atoms with E-state index in [0.29, 0.717) is 11.4 Å². The van der Waals surface area contributed by atoms with Crippen LogP contribution in [0.1, 0.15) is 44.9 Å². The van der Waals surface area contributed by atoms with Gasteiger partial charge in [-0.05, 0) is 36.0 Å². The molecule has 0 N–H and O–H groups in total. The lowest BCUT2D eigenvalue weighted by molar-refractivity contribution is -0.141. The van der Waals surface area contributed by atoms with Crippen LogP contribution in [0, 0.1) is 0 Å². The van der Waals surface area contributed by atoms with Gasteiger partial charge in [0.1, 0.15) is 11.5 Å². The predicted molar refractivity (Wildman–Crippen MR) is 69.4 cm³/mol. The summed E-state index contributed by atoms with van der Waals surface area (Å²) >= 11 is 0. The fourth-order valence-electron chi connectivity index (χ4n) is 2.20. The summed E-state index contributed by atoms with van der Waals surface area (Å²) in [6, 6.07) is 2.96. The number of hydrogen-bond donors (Lipinski definition) is 0. The maximum absolute atomic E-state index is 12.9. The van der Waals surface area contributed by atoms with E-state index in [9.17, 15) is 13.2 Å². The number of hydrogen-bond acceptors (Lipinski definition) is 2. The first-order valence-corrected chi connectivity index (χ1v) is 6.52. The van der Waals surface area contributed by atoms with Crippen molar-refractivity contribution in [3.8, 4) is 0 Å². The molecule has 2 rings (SSSR count). The first-order valence-electron chi connectivity index (χ1n) is 6.52. The largest absolute Gasteiger partial charge is 0.433 e. The molecule has 2 heterocycles. The van der Waals surface area contributed by atoms with E-state index in [1.807, 2.05) is 25.7 Å². The van der Waals surface area contributed by atoms with Crippen molar-refractivity contribution in [2.24, 2.45) is 0 Å². The van der Waals surface area contributed by atoms with E-state index in [0.717, 1.165) is 25.9 Å². The molecule has 0 amide bonds. The molecule has 1 aromatic rings. The predicted octanol–water partition coefficient (Wildman–Crippen LogP) is 4.00. The van der Waals surface area contributed by atoms with Gasteiger partial charge in [0.15, 0.2) is 0 Å². The van der Waals surface area contributed by atoms with Crippen LogP contribution < -0.4 is 4.90 Å². The average molecular weight is 272 g/mol. The molecule has 0 radical (unpaired) electrons. The van der Waals surface area contributed by atoms with Gasteiger partial charge < -0.3 is 4.90 Å². The summed E-state index contributed by atoms with van der Waals surface area (Å²) in [6.07, 6.45) is -2.36. The third kappa shape index (κ3) is 3.19. The fourth-order valence-corrected chi connectivity index (χ4v) is 2.20. The van der Waals surface area contributed by atoms with Gasteiger partial charge in [-0.2, -0.15) is 13.2 Å². The summed E-state index contributed by atoms with van der Waals surface area (Å²) in [5, 5.41) is 0. The molecule has 0 aliphatic carbocycles. The molecule has 1 aliphatic rings. The summed E-state index contributed by atoms with van der Waals surface area (Å²) in [4.78, 5) is 5.74. The molecule has 1 aromatic heterocycles. The molecule has 1 fully saturated rings. The molecule has 0 saturated carbocycles. The van der Waals surface area contributed by atoms with Crippen molar-refractivity contribution >= 4 is 5.82 Å². The van der Waals surface area contributed by atoms with Gasteiger partial charge in [0.2, 0.25) is 0 Å². The van der Waals surface area contributed by atoms with Crippen molar-refractivity contribution in [1.82, 2.24) is 4.98 Å². The number of anilines is 1. The topological polar surface area (TPSA) is 16.1 Å². The third-order valence-corrected chi connectivity index (χ3v) is 3.40. The standard InChI is InChI=1S/C14H19F3N2/c1-13(2,3)10-8-11(14(15,16)17)18-12(9-10)19-6-4-5-7-19/h8-9H,4-7H2,1-3H3. The van der Waals surface area contributed by atoms with Gasteiger partial charge >= 0.3 is 6.18 Å². The smallest absolute Gasteiger partial charge is 0.357 e. The number of pyridine rings is 1. The zero-order valence-electron chi connectivity index (χ0n) is 11.5. The Morgan fingerprint density at radius 3 is 2.11 bits per heavy atom. The molecule has 0 spiro atoms. The van der Waals surface area contributed by atoms with E-state index in [1.54, 1.807) is 6.07 Å². The first kappa shape index (κ1) is 14.2. The van der Waals surface area contributed by atoms with Crippen molar-refractivity contribution < 1.29 is 13.2 Å². The average Bonchev–Trinajstić information content (AvgIpc) is 2.79. The van der Waals surface area contributed by atoms with Crippen molar-refractivity contribution in [2.75, 3.05) is 18.0 Å². The summed E-state index contributed by atoms with van der Waals surface area (Å²) in [5.74, 6) is 0.456. The van der Waals surface area contributed by atoms with E-state index in [-0.39, 0.29) is 5.41 Å². The van der Waals surface area contributed by atoms with Gasteiger partial charge in [0.05, 0.1) is 0 Å². The van der Waals surface area contributed by atoms with E-state index < -0.39 is 11.9 Å². The molecule has 1 aliphatic heterocycles. The Kier molecular flexibility index (Phi) is 3.49. The monoisotopic (exact) mass is 272 g/mol. The van der Waals surface area contributed by atoms with E-state index in [1.165, 1.54) is 6.07 Å². The normalized spacial score (nSPS) is 17.1. The molecule has 106 valence electrons. The quantitative estimate of drug-likeness (QED) is 0.768. The van der Waals surface area contributed by atoms with Crippen LogP contribution in [0.15, 0.2) is 12.1 Å². The second-order valence-electron chi connectivity index (χ2n) is 6.04. The van der Waals surface area contributed by atoms with Gasteiger partial charge in [-0.25, -0.2) is 4.98 Å². The second kappa shape index (κ2) is 4.69. The van der Waals surface area contributed by atoms with Crippen molar-refractivity contribution in [3.05, 3.63) is 23.4 Å². The number of rotatable bonds is 1. The highest BCUT2D eigenvalue weighted by molar-refractivity contribution is 5.45. The van der Waals surface area contributed by atoms with Crippen molar-refractivity contribution in [2.45, 2.75) is 45.2 Å². The maximum Gasteiger partial charge on any atom is 0.433 e. The summed E-state index contributed by atoms with van der Waals surface area (Å²) in [7, 11) is 0. The van der Waals surface area contributed by atoms with E-state index in [2.05, 4.69) is 4.98 Å². The molecule has 1 saturated heterocycles. The van der Waals surface area contributed by atoms with Gasteiger partial charge in [0, 0.05) is 13.1 Å². The van der Waals surface area contributed by atoms with Gasteiger partial charge in [-0.1, -0.05) is 20.8 Å². The fraction of sp³-hybridized carbons (Fsp3) is 0.643. The first-order chi connectivity index (χ1) is 8.68. The molecule has 2 nitrogen and oxygen atoms in total. The Hall–Kier alpha value is -1.26. The Balaban J connectivity index is 2.48. The van der Waals surface area contributed by atoms with E-state index >= 15 is 0 Å². The van der Waals surface area contributed by atoms with E-state index in [4.69, 9.17) is 0 Å². The minimum atomic E-state index is -4.39.